The fourth-order valence-corrected chi connectivity index (χ4v) is 5.04. The Labute approximate surface area is 140 Å². The Morgan fingerprint density at radius 2 is 2.09 bits per heavy atom. The van der Waals surface area contributed by atoms with Gasteiger partial charge in [0.1, 0.15) is 0 Å². The van der Waals surface area contributed by atoms with Gasteiger partial charge in [-0.15, -0.1) is 0 Å². The van der Waals surface area contributed by atoms with Gasteiger partial charge in [0.15, 0.2) is 9.84 Å². The molecule has 2 saturated heterocycles. The molecule has 0 spiro atoms. The maximum Gasteiger partial charge on any atom is 0.237 e. The lowest BCUT2D eigenvalue weighted by atomic mass is 10.1. The molecule has 2 aliphatic rings. The number of likely N-dealkylation sites (N-methyl/N-ethyl adjacent to an activating group) is 1. The van der Waals surface area contributed by atoms with Crippen molar-refractivity contribution in [3.63, 3.8) is 0 Å². The van der Waals surface area contributed by atoms with E-state index in [1.807, 2.05) is 11.9 Å². The second kappa shape index (κ2) is 8.44. The zero-order valence-electron chi connectivity index (χ0n) is 14.4. The average Bonchev–Trinajstić information content (AvgIpc) is 3.11. The number of sulfone groups is 1. The Balaban J connectivity index is 1.98. The molecule has 134 valence electrons. The highest BCUT2D eigenvalue weighted by atomic mass is 32.2. The summed E-state index contributed by atoms with van der Waals surface area (Å²) in [5, 5.41) is 0. The maximum absolute atomic E-state index is 12.7. The highest BCUT2D eigenvalue weighted by Gasteiger charge is 2.36. The standard InChI is InChI=1S/C16H30N2O4S/c1-3-4-8-17(2)12-16(19)18(11-15-6-5-9-22-15)14-7-10-23(20,21)13-14/h14-15H,3-13H2,1-2H3. The number of carbonyl (C=O) groups is 1. The Bertz CT molecular complexity index is 488. The first-order chi connectivity index (χ1) is 10.9. The minimum atomic E-state index is -3.00. The summed E-state index contributed by atoms with van der Waals surface area (Å²) in [7, 11) is -1.05. The minimum Gasteiger partial charge on any atom is -0.376 e. The topological polar surface area (TPSA) is 66.9 Å². The van der Waals surface area contributed by atoms with Gasteiger partial charge in [0, 0.05) is 19.2 Å². The van der Waals surface area contributed by atoms with Gasteiger partial charge < -0.3 is 9.64 Å². The number of amides is 1. The normalized spacial score (nSPS) is 26.7. The molecule has 2 aliphatic heterocycles. The highest BCUT2D eigenvalue weighted by Crippen LogP contribution is 2.21. The van der Waals surface area contributed by atoms with E-state index in [-0.39, 0.29) is 29.6 Å². The molecule has 0 aliphatic carbocycles. The monoisotopic (exact) mass is 346 g/mol. The number of ether oxygens (including phenoxy) is 1. The van der Waals surface area contributed by atoms with Gasteiger partial charge >= 0.3 is 0 Å². The summed E-state index contributed by atoms with van der Waals surface area (Å²) >= 11 is 0. The molecular formula is C16H30N2O4S. The molecule has 2 rings (SSSR count). The van der Waals surface area contributed by atoms with Crippen LogP contribution in [0.15, 0.2) is 0 Å². The molecule has 0 aromatic rings. The molecule has 2 unspecified atom stereocenters. The lowest BCUT2D eigenvalue weighted by Crippen LogP contribution is -2.48. The predicted molar refractivity (Wildman–Crippen MR) is 90.2 cm³/mol. The Kier molecular flexibility index (Phi) is 6.85. The smallest absolute Gasteiger partial charge is 0.237 e. The third-order valence-electron chi connectivity index (χ3n) is 4.69. The molecule has 0 N–H and O–H groups in total. The number of rotatable bonds is 8. The SMILES string of the molecule is CCCCN(C)CC(=O)N(CC1CCCO1)C1CCS(=O)(=O)C1. The fraction of sp³-hybridized carbons (Fsp3) is 0.938. The second-order valence-corrected chi connectivity index (χ2v) is 9.06. The van der Waals surface area contributed by atoms with Crippen molar-refractivity contribution in [3.8, 4) is 0 Å². The van der Waals surface area contributed by atoms with Gasteiger partial charge in [0.2, 0.25) is 5.91 Å². The molecule has 0 radical (unpaired) electrons. The number of carbonyl (C=O) groups excluding carboxylic acids is 1. The van der Waals surface area contributed by atoms with Crippen molar-refractivity contribution in [1.29, 1.82) is 0 Å². The number of nitrogens with zero attached hydrogens (tertiary/aromatic N) is 2. The summed E-state index contributed by atoms with van der Waals surface area (Å²) in [6, 6.07) is -0.184. The van der Waals surface area contributed by atoms with Crippen LogP contribution < -0.4 is 0 Å². The summed E-state index contributed by atoms with van der Waals surface area (Å²) in [6.45, 7) is 4.64. The predicted octanol–water partition coefficient (Wildman–Crippen LogP) is 0.913. The molecule has 0 bridgehead atoms. The van der Waals surface area contributed by atoms with Crippen LogP contribution in [0.1, 0.15) is 39.0 Å². The van der Waals surface area contributed by atoms with Gasteiger partial charge in [0.05, 0.1) is 24.2 Å². The van der Waals surface area contributed by atoms with Gasteiger partial charge in [-0.05, 0) is 39.3 Å². The van der Waals surface area contributed by atoms with E-state index in [4.69, 9.17) is 4.74 Å². The zero-order chi connectivity index (χ0) is 16.9. The van der Waals surface area contributed by atoms with E-state index in [2.05, 4.69) is 6.92 Å². The number of hydrogen-bond donors (Lipinski definition) is 0. The van der Waals surface area contributed by atoms with Gasteiger partial charge in [-0.1, -0.05) is 13.3 Å². The van der Waals surface area contributed by atoms with Crippen LogP contribution in [0.5, 0.6) is 0 Å². The van der Waals surface area contributed by atoms with E-state index < -0.39 is 9.84 Å². The van der Waals surface area contributed by atoms with Crippen molar-refractivity contribution < 1.29 is 17.9 Å². The Morgan fingerprint density at radius 1 is 1.30 bits per heavy atom. The van der Waals surface area contributed by atoms with Gasteiger partial charge in [-0.25, -0.2) is 8.42 Å². The van der Waals surface area contributed by atoms with Crippen LogP contribution in [0.3, 0.4) is 0 Å². The van der Waals surface area contributed by atoms with E-state index >= 15 is 0 Å². The van der Waals surface area contributed by atoms with Crippen LogP contribution in [0, 0.1) is 0 Å². The van der Waals surface area contributed by atoms with E-state index in [1.165, 1.54) is 0 Å². The van der Waals surface area contributed by atoms with Crippen molar-refractivity contribution in [2.75, 3.05) is 44.8 Å². The van der Waals surface area contributed by atoms with Crippen LogP contribution in [0.25, 0.3) is 0 Å². The first-order valence-corrected chi connectivity index (χ1v) is 10.5. The molecule has 1 amide bonds. The molecule has 7 heteroatoms. The van der Waals surface area contributed by atoms with E-state index in [9.17, 15) is 13.2 Å². The third-order valence-corrected chi connectivity index (χ3v) is 6.44. The average molecular weight is 346 g/mol. The lowest BCUT2D eigenvalue weighted by molar-refractivity contribution is -0.135. The van der Waals surface area contributed by atoms with Crippen LogP contribution in [0.2, 0.25) is 0 Å². The molecule has 6 nitrogen and oxygen atoms in total. The summed E-state index contributed by atoms with van der Waals surface area (Å²) in [5.74, 6) is 0.323. The maximum atomic E-state index is 12.7. The van der Waals surface area contributed by atoms with Crippen molar-refractivity contribution in [3.05, 3.63) is 0 Å². The quantitative estimate of drug-likeness (QED) is 0.654. The van der Waals surface area contributed by atoms with Crippen LogP contribution >= 0.6 is 0 Å². The van der Waals surface area contributed by atoms with Crippen LogP contribution in [0.4, 0.5) is 0 Å². The minimum absolute atomic E-state index is 0.0289. The van der Waals surface area contributed by atoms with Crippen LogP contribution in [-0.2, 0) is 19.4 Å². The van der Waals surface area contributed by atoms with E-state index in [0.717, 1.165) is 38.8 Å². The van der Waals surface area contributed by atoms with Gasteiger partial charge in [-0.3, -0.25) is 9.69 Å². The number of unbranched alkanes of at least 4 members (excludes halogenated alkanes) is 1. The molecule has 2 heterocycles. The van der Waals surface area contributed by atoms with Crippen molar-refractivity contribution in [2.45, 2.75) is 51.2 Å². The Morgan fingerprint density at radius 3 is 2.65 bits per heavy atom. The molecule has 2 fully saturated rings. The van der Waals surface area contributed by atoms with E-state index in [0.29, 0.717) is 19.5 Å². The van der Waals surface area contributed by atoms with Crippen molar-refractivity contribution in [1.82, 2.24) is 9.80 Å². The Hall–Kier alpha value is -0.660. The molecule has 0 aromatic carbocycles. The first kappa shape index (κ1) is 18.7. The zero-order valence-corrected chi connectivity index (χ0v) is 15.2. The summed E-state index contributed by atoms with van der Waals surface area (Å²) < 4.78 is 29.2. The molecule has 2 atom stereocenters. The molecule has 0 aromatic heterocycles. The highest BCUT2D eigenvalue weighted by molar-refractivity contribution is 7.91. The van der Waals surface area contributed by atoms with Gasteiger partial charge in [0.25, 0.3) is 0 Å². The summed E-state index contributed by atoms with van der Waals surface area (Å²) in [5.41, 5.74) is 0. The first-order valence-electron chi connectivity index (χ1n) is 8.71. The number of hydrogen-bond acceptors (Lipinski definition) is 5. The van der Waals surface area contributed by atoms with Crippen LogP contribution in [-0.4, -0.2) is 81.1 Å². The third kappa shape index (κ3) is 5.72. The lowest BCUT2D eigenvalue weighted by Gasteiger charge is -2.32. The summed E-state index contributed by atoms with van der Waals surface area (Å²) in [6.07, 6.45) is 4.75. The second-order valence-electron chi connectivity index (χ2n) is 6.83. The summed E-state index contributed by atoms with van der Waals surface area (Å²) in [4.78, 5) is 16.5. The van der Waals surface area contributed by atoms with Crippen molar-refractivity contribution in [2.24, 2.45) is 0 Å². The van der Waals surface area contributed by atoms with Crippen molar-refractivity contribution >= 4 is 15.7 Å². The van der Waals surface area contributed by atoms with Gasteiger partial charge in [-0.2, -0.15) is 0 Å². The molecule has 23 heavy (non-hydrogen) atoms. The largest absolute Gasteiger partial charge is 0.376 e. The van der Waals surface area contributed by atoms with E-state index in [1.54, 1.807) is 4.90 Å². The molecular weight excluding hydrogens is 316 g/mol. The fourth-order valence-electron chi connectivity index (χ4n) is 3.31. The molecule has 0 saturated carbocycles.